The maximum absolute atomic E-state index is 12.2. The molecule has 0 bridgehead atoms. The third-order valence-corrected chi connectivity index (χ3v) is 20.8. The van der Waals surface area contributed by atoms with Crippen LogP contribution in [0.25, 0.3) is 0 Å². The molecule has 0 spiro atoms. The molecule has 0 aromatic heterocycles. The molecule has 7 aliphatic rings. The number of unbranched alkanes of at least 4 members (excludes halogenated alkanes) is 13. The number of aliphatic carboxylic acids is 9. The summed E-state index contributed by atoms with van der Waals surface area (Å²) in [5.41, 5.74) is 14.4. The minimum absolute atomic E-state index is 0. The van der Waals surface area contributed by atoms with Gasteiger partial charge in [-0.25, -0.2) is 13.6 Å². The number of hydrogen-bond acceptors (Lipinski definition) is 32. The van der Waals surface area contributed by atoms with Gasteiger partial charge in [0.25, 0.3) is 0 Å². The van der Waals surface area contributed by atoms with E-state index >= 15 is 0 Å². The van der Waals surface area contributed by atoms with Gasteiger partial charge in [-0.1, -0.05) is 105 Å². The van der Waals surface area contributed by atoms with Gasteiger partial charge in [-0.15, -0.1) is 0 Å². The van der Waals surface area contributed by atoms with Gasteiger partial charge in [-0.05, 0) is 105 Å². The molecule has 0 aromatic rings. The minimum Gasteiger partial charge on any atom is -0.481 e. The number of carboxylic acid groups (broad SMARTS) is 9. The Hall–Kier alpha value is -7.97. The molecule has 7 rings (SSSR count). The van der Waals surface area contributed by atoms with Gasteiger partial charge >= 0.3 is 53.7 Å². The van der Waals surface area contributed by atoms with Crippen LogP contribution in [-0.2, 0) is 90.9 Å². The van der Waals surface area contributed by atoms with Crippen molar-refractivity contribution in [2.24, 2.45) is 22.6 Å². The number of ether oxygens (including phenoxy) is 4. The lowest BCUT2D eigenvalue weighted by Crippen LogP contribution is -2.49. The number of Topliss-reactive ketones (excluding diaryl/α,β-unsaturated/α-hetero) is 4. The van der Waals surface area contributed by atoms with Gasteiger partial charge in [-0.2, -0.15) is 0 Å². The normalized spacial score (nSPS) is 22.3. The average Bonchev–Trinajstić information content (AvgIpc) is 1.25. The maximum Gasteiger partial charge on any atom is 0.326 e. The highest BCUT2D eigenvalue weighted by Crippen LogP contribution is 2.21. The quantitative estimate of drug-likeness (QED) is 0.0386. The summed E-state index contributed by atoms with van der Waals surface area (Å²) in [4.78, 5) is 162. The average molecular weight is 1900 g/mol. The third-order valence-electron chi connectivity index (χ3n) is 20.8. The number of nitrogens with two attached hydrogens (primary N) is 3. The summed E-state index contributed by atoms with van der Waals surface area (Å²) in [5.74, 6) is -9.20. The highest BCUT2D eigenvalue weighted by Gasteiger charge is 2.39. The molecular weight excluding hydrogens is 1730 g/mol. The molecule has 2 amide bonds. The minimum atomic E-state index is -1.33. The number of rotatable bonds is 51. The van der Waals surface area contributed by atoms with E-state index in [-0.39, 0.29) is 114 Å². The fourth-order valence-corrected chi connectivity index (χ4v) is 12.3. The largest absolute Gasteiger partial charge is 0.481 e. The highest BCUT2D eigenvalue weighted by molar-refractivity contribution is 5.91. The Kier molecular flexibility index (Phi) is 79.7. The van der Waals surface area contributed by atoms with Crippen molar-refractivity contribution in [2.75, 3.05) is 112 Å². The van der Waals surface area contributed by atoms with Crippen LogP contribution in [0.1, 0.15) is 249 Å². The molecule has 7 fully saturated rings. The molecule has 766 valence electrons. The van der Waals surface area contributed by atoms with E-state index in [4.69, 9.17) is 87.6 Å². The maximum atomic E-state index is 12.2. The number of carbonyl (C=O) groups is 15. The number of hydrogen-bond donors (Lipinski definition) is 24. The number of carboxylic acids is 9. The molecule has 131 heavy (non-hydrogen) atoms. The van der Waals surface area contributed by atoms with Gasteiger partial charge in [0, 0.05) is 117 Å². The fraction of sp³-hybridized carbons (Fsp3) is 0.826. The Balaban J connectivity index is -0.000000470. The molecule has 7 heterocycles. The van der Waals surface area contributed by atoms with E-state index in [1.807, 2.05) is 6.92 Å². The van der Waals surface area contributed by atoms with Crippen LogP contribution in [0.2, 0.25) is 0 Å². The monoisotopic (exact) mass is 1900 g/mol. The predicted octanol–water partition coefficient (Wildman–Crippen LogP) is 1.82. The Morgan fingerprint density at radius 2 is 0.947 bits per heavy atom. The second-order valence-electron chi connectivity index (χ2n) is 32.6. The van der Waals surface area contributed by atoms with E-state index in [0.717, 1.165) is 70.9 Å². The summed E-state index contributed by atoms with van der Waals surface area (Å²) in [6, 6.07) is -5.60. The summed E-state index contributed by atoms with van der Waals surface area (Å²) in [6.45, 7) is 15.6. The SMILES string of the molecule is C.C.CC(C)(C(=O)O)[C@@H](N)C(=O)CO.CCCCCCCCCCCCCCC(=O)N[C@@H](CCC(=O)CCCOCC)C(=O)O.COCC(=O)NCCOCCOCC(=O)CCCCC[C@H](N)C(C)=O.C[C@@]1(C(=O)O)CCCN1.N[C@@H]1CN[C@H](C(=O)O)C1.O=C(O)[C@@H]1CCN1.O=C(O)[C@@H]1C[C@@H](F)CN1.O=C(O)[C@@H]1C[C@@H](O)CN1.O=C(O)[C@@H]1C[C@H](F)CN1.O=C(O)[C@@H]1C[C@H](O)CN1. The van der Waals surface area contributed by atoms with Gasteiger partial charge in [0.05, 0.1) is 49.5 Å². The number of aliphatic hydroxyl groups is 3. The Morgan fingerprint density at radius 1 is 0.504 bits per heavy atom. The molecule has 7 aliphatic heterocycles. The summed E-state index contributed by atoms with van der Waals surface area (Å²) < 4.78 is 44.8. The van der Waals surface area contributed by atoms with Gasteiger partial charge in [-0.3, -0.25) is 67.1 Å². The number of ketones is 4. The molecule has 15 atom stereocenters. The van der Waals surface area contributed by atoms with E-state index in [1.165, 1.54) is 85.7 Å². The van der Waals surface area contributed by atoms with Crippen molar-refractivity contribution in [3.63, 3.8) is 0 Å². The number of alkyl halides is 2. The molecular formula is C86H162F2N12O31. The smallest absolute Gasteiger partial charge is 0.326 e. The zero-order valence-electron chi connectivity index (χ0n) is 76.2. The number of β-amino-alcohol motifs (C(OH)–C–C–N with tert-alkyl or cyclic N) is 2. The molecule has 0 radical (unpaired) electrons. The lowest BCUT2D eigenvalue weighted by atomic mass is 9.83. The van der Waals surface area contributed by atoms with Crippen LogP contribution in [0.5, 0.6) is 0 Å². The summed E-state index contributed by atoms with van der Waals surface area (Å²) >= 11 is 0. The predicted molar refractivity (Wildman–Crippen MR) is 481 cm³/mol. The number of carbonyl (C=O) groups excluding carboxylic acids is 6. The van der Waals surface area contributed by atoms with Crippen molar-refractivity contribution in [1.82, 2.24) is 47.9 Å². The van der Waals surface area contributed by atoms with Crippen LogP contribution < -0.4 is 65.1 Å². The number of amides is 2. The standard InChI is InChI=1S/C25H47NO5.C17H32N2O6.C7H13NO4.C6H11NO2.2C5H8FNO2.C5H10N2O2.2C5H9NO3.C4H7NO2.2CH4/c1-3-5-6-7-8-9-10-11-12-13-14-15-18-24(28)26-23(25(29)30)20-19-22(27)17-16-21-31-4-2;1-14(20)16(18)7-5-3-4-6-15(21)12-25-11-10-24-9-8-19-17(22)13-23-2;1-7(2,6(11)12)5(8)4(10)3-9;1-6(5(8)9)3-2-4-7-6;3*6-3-1-4(5(8)9)7-2-3;2*7-3-1-4(5(8)9)6-2-3;6-4(7)3-1-2-5-3;;/h23H,3-21H2,1-2H3,(H,26,28)(H,29,30);16H,3-13,18H2,1-2H3,(H,19,22);5,9H,3,8H2,1-2H3,(H,11,12);7H,2-4H2,1H3,(H,8,9);2*3-4,7H,1-2H2,(H,8,9);3-4,7H,1-2,6H2,(H,8,9);2*3-4,6-7H,1-2H2,(H,8,9);3,5H,1-2H2,(H,6,7);2*1H4/t23-;16-;5-;6-;3-,4+;2*3-,4-;3-,4+;3-,4-;3-;;/m0000100100../s1. The zero-order valence-corrected chi connectivity index (χ0v) is 76.2. The van der Waals surface area contributed by atoms with E-state index in [1.54, 1.807) is 6.92 Å². The van der Waals surface area contributed by atoms with Gasteiger partial charge < -0.3 is 145 Å². The van der Waals surface area contributed by atoms with Crippen LogP contribution in [-0.4, -0.2) is 353 Å². The van der Waals surface area contributed by atoms with Gasteiger partial charge in [0.2, 0.25) is 11.8 Å². The van der Waals surface area contributed by atoms with E-state index in [2.05, 4.69) is 59.5 Å². The summed E-state index contributed by atoms with van der Waals surface area (Å²) in [7, 11) is 1.46. The van der Waals surface area contributed by atoms with Gasteiger partial charge in [0.1, 0.15) is 91.6 Å². The lowest BCUT2D eigenvalue weighted by Gasteiger charge is -2.24. The van der Waals surface area contributed by atoms with Gasteiger partial charge in [0.15, 0.2) is 11.6 Å². The molecule has 45 heteroatoms. The first kappa shape index (κ1) is 132. The lowest BCUT2D eigenvalue weighted by molar-refractivity contribution is -0.151. The molecule has 0 unspecified atom stereocenters. The molecule has 27 N–H and O–H groups in total. The first-order chi connectivity index (χ1) is 60.8. The summed E-state index contributed by atoms with van der Waals surface area (Å²) in [6.07, 6.45) is 21.1. The molecule has 43 nitrogen and oxygen atoms in total. The number of methoxy groups -OCH3 is 1. The zero-order chi connectivity index (χ0) is 98.5. The van der Waals surface area contributed by atoms with Crippen molar-refractivity contribution in [1.29, 1.82) is 0 Å². The van der Waals surface area contributed by atoms with Crippen LogP contribution >= 0.6 is 0 Å². The number of halogens is 2. The van der Waals surface area contributed by atoms with E-state index in [0.29, 0.717) is 111 Å². The second-order valence-corrected chi connectivity index (χ2v) is 32.6. The first-order valence-electron chi connectivity index (χ1n) is 44.3. The third kappa shape index (κ3) is 69.5. The highest BCUT2D eigenvalue weighted by atomic mass is 19.1. The molecule has 0 aliphatic carbocycles. The van der Waals surface area contributed by atoms with Crippen LogP contribution in [0.3, 0.4) is 0 Å². The van der Waals surface area contributed by atoms with Crippen LogP contribution in [0.15, 0.2) is 0 Å². The molecule has 7 saturated heterocycles. The topological polar surface area (TPSA) is 722 Å². The van der Waals surface area contributed by atoms with Crippen LogP contribution in [0, 0.1) is 5.41 Å². The Bertz CT molecular complexity index is 3030. The van der Waals surface area contributed by atoms with Crippen molar-refractivity contribution in [2.45, 2.75) is 340 Å². The van der Waals surface area contributed by atoms with Crippen molar-refractivity contribution < 1.29 is 161 Å². The van der Waals surface area contributed by atoms with Crippen molar-refractivity contribution in [3.8, 4) is 0 Å². The Labute approximate surface area is 768 Å². The molecule has 0 aromatic carbocycles. The van der Waals surface area contributed by atoms with Crippen LogP contribution in [0.4, 0.5) is 8.78 Å². The van der Waals surface area contributed by atoms with Crippen molar-refractivity contribution >= 4 is 88.7 Å². The second kappa shape index (κ2) is 79.4. The molecule has 0 saturated carbocycles. The Morgan fingerprint density at radius 3 is 1.28 bits per heavy atom. The summed E-state index contributed by atoms with van der Waals surface area (Å²) in [5, 5.41) is 127. The number of aliphatic hydroxyl groups excluding tert-OH is 3. The number of nitrogens with one attached hydrogen (secondary N) is 9. The fourth-order valence-electron chi connectivity index (χ4n) is 12.3. The van der Waals surface area contributed by atoms with E-state index < -0.39 is 144 Å². The van der Waals surface area contributed by atoms with Crippen molar-refractivity contribution in [3.05, 3.63) is 0 Å². The van der Waals surface area contributed by atoms with E-state index in [9.17, 15) is 85.8 Å². The first-order valence-corrected chi connectivity index (χ1v) is 44.3.